The van der Waals surface area contributed by atoms with Gasteiger partial charge in [0.05, 0.1) is 6.61 Å². The van der Waals surface area contributed by atoms with Gasteiger partial charge in [-0.1, -0.05) is 29.8 Å². The molecule has 4 heteroatoms. The maximum atomic E-state index is 9.21. The Kier molecular flexibility index (Phi) is 4.35. The van der Waals surface area contributed by atoms with Crippen molar-refractivity contribution < 1.29 is 5.11 Å². The zero-order valence-electron chi connectivity index (χ0n) is 8.15. The standard InChI is InChI=1S/C10H15ClN2O/c1-13(12)6-8(7-14)9-4-2-3-5-10(9)11/h2-5,8,14H,6-7,12H2,1H3. The number of nitrogens with two attached hydrogens (primary N) is 1. The highest BCUT2D eigenvalue weighted by Gasteiger charge is 2.14. The van der Waals surface area contributed by atoms with Gasteiger partial charge in [-0.2, -0.15) is 0 Å². The molecule has 0 radical (unpaired) electrons. The smallest absolute Gasteiger partial charge is 0.0513 e. The number of hydrogen-bond acceptors (Lipinski definition) is 3. The summed E-state index contributed by atoms with van der Waals surface area (Å²) in [7, 11) is 1.76. The number of benzene rings is 1. The first-order valence-electron chi connectivity index (χ1n) is 4.46. The lowest BCUT2D eigenvalue weighted by Crippen LogP contribution is -2.32. The van der Waals surface area contributed by atoms with E-state index in [4.69, 9.17) is 17.4 Å². The van der Waals surface area contributed by atoms with Crippen LogP contribution in [0.4, 0.5) is 0 Å². The molecule has 0 spiro atoms. The summed E-state index contributed by atoms with van der Waals surface area (Å²) in [6.45, 7) is 0.630. The van der Waals surface area contributed by atoms with Crippen molar-refractivity contribution in [1.29, 1.82) is 0 Å². The molecule has 14 heavy (non-hydrogen) atoms. The van der Waals surface area contributed by atoms with Gasteiger partial charge in [0.2, 0.25) is 0 Å². The molecule has 1 rings (SSSR count). The van der Waals surface area contributed by atoms with Crippen LogP contribution >= 0.6 is 11.6 Å². The molecule has 3 nitrogen and oxygen atoms in total. The SMILES string of the molecule is CN(N)CC(CO)c1ccccc1Cl. The Morgan fingerprint density at radius 1 is 1.50 bits per heavy atom. The monoisotopic (exact) mass is 214 g/mol. The normalized spacial score (nSPS) is 13.2. The van der Waals surface area contributed by atoms with Gasteiger partial charge in [-0.15, -0.1) is 0 Å². The van der Waals surface area contributed by atoms with Gasteiger partial charge in [-0.3, -0.25) is 5.84 Å². The highest BCUT2D eigenvalue weighted by atomic mass is 35.5. The van der Waals surface area contributed by atoms with Gasteiger partial charge in [0.25, 0.3) is 0 Å². The van der Waals surface area contributed by atoms with E-state index in [0.717, 1.165) is 5.56 Å². The minimum Gasteiger partial charge on any atom is -0.396 e. The third kappa shape index (κ3) is 2.96. The average Bonchev–Trinajstić information content (AvgIpc) is 2.15. The van der Waals surface area contributed by atoms with Crippen molar-refractivity contribution in [2.24, 2.45) is 5.84 Å². The van der Waals surface area contributed by atoms with Crippen LogP contribution in [0.15, 0.2) is 24.3 Å². The zero-order chi connectivity index (χ0) is 10.6. The highest BCUT2D eigenvalue weighted by molar-refractivity contribution is 6.31. The van der Waals surface area contributed by atoms with Crippen LogP contribution in [0.1, 0.15) is 11.5 Å². The summed E-state index contributed by atoms with van der Waals surface area (Å²) in [5, 5.41) is 11.4. The van der Waals surface area contributed by atoms with Gasteiger partial charge in [0.15, 0.2) is 0 Å². The van der Waals surface area contributed by atoms with Gasteiger partial charge in [0, 0.05) is 24.5 Å². The van der Waals surface area contributed by atoms with Crippen molar-refractivity contribution in [3.63, 3.8) is 0 Å². The second-order valence-electron chi connectivity index (χ2n) is 3.34. The first-order valence-corrected chi connectivity index (χ1v) is 4.84. The van der Waals surface area contributed by atoms with E-state index < -0.39 is 0 Å². The van der Waals surface area contributed by atoms with Crippen LogP contribution in [0.5, 0.6) is 0 Å². The van der Waals surface area contributed by atoms with Gasteiger partial charge in [-0.25, -0.2) is 5.01 Å². The van der Waals surface area contributed by atoms with Crippen LogP contribution in [-0.2, 0) is 0 Å². The van der Waals surface area contributed by atoms with E-state index in [9.17, 15) is 5.11 Å². The van der Waals surface area contributed by atoms with E-state index >= 15 is 0 Å². The fourth-order valence-corrected chi connectivity index (χ4v) is 1.70. The van der Waals surface area contributed by atoms with Crippen molar-refractivity contribution >= 4 is 11.6 Å². The fourth-order valence-electron chi connectivity index (χ4n) is 1.41. The van der Waals surface area contributed by atoms with E-state index in [-0.39, 0.29) is 12.5 Å². The molecule has 0 saturated heterocycles. The predicted molar refractivity (Wildman–Crippen MR) is 58.1 cm³/mol. The molecular weight excluding hydrogens is 200 g/mol. The van der Waals surface area contributed by atoms with Crippen LogP contribution in [0, 0.1) is 0 Å². The summed E-state index contributed by atoms with van der Waals surface area (Å²) in [6.07, 6.45) is 0. The summed E-state index contributed by atoms with van der Waals surface area (Å²) >= 11 is 6.01. The number of rotatable bonds is 4. The Balaban J connectivity index is 2.83. The first-order chi connectivity index (χ1) is 6.65. The van der Waals surface area contributed by atoms with E-state index in [2.05, 4.69) is 0 Å². The van der Waals surface area contributed by atoms with Gasteiger partial charge < -0.3 is 5.11 Å². The topological polar surface area (TPSA) is 49.5 Å². The van der Waals surface area contributed by atoms with Crippen molar-refractivity contribution in [3.05, 3.63) is 34.9 Å². The largest absolute Gasteiger partial charge is 0.396 e. The molecule has 3 N–H and O–H groups in total. The molecular formula is C10H15ClN2O. The van der Waals surface area contributed by atoms with Crippen molar-refractivity contribution in [1.82, 2.24) is 5.01 Å². The van der Waals surface area contributed by atoms with Crippen LogP contribution in [0.3, 0.4) is 0 Å². The van der Waals surface area contributed by atoms with E-state index in [1.807, 2.05) is 24.3 Å². The molecule has 0 aromatic heterocycles. The Morgan fingerprint density at radius 3 is 2.64 bits per heavy atom. The molecule has 0 bridgehead atoms. The average molecular weight is 215 g/mol. The van der Waals surface area contributed by atoms with E-state index in [1.165, 1.54) is 0 Å². The number of halogens is 1. The summed E-state index contributed by atoms with van der Waals surface area (Å²) in [5.74, 6) is 5.51. The Labute approximate surface area is 89.1 Å². The van der Waals surface area contributed by atoms with Gasteiger partial charge >= 0.3 is 0 Å². The molecule has 0 saturated carbocycles. The molecule has 0 amide bonds. The molecule has 0 fully saturated rings. The lowest BCUT2D eigenvalue weighted by Gasteiger charge is -2.19. The molecule has 0 aliphatic rings. The van der Waals surface area contributed by atoms with Crippen LogP contribution in [0.2, 0.25) is 5.02 Å². The molecule has 0 aliphatic heterocycles. The number of aliphatic hydroxyl groups is 1. The highest BCUT2D eigenvalue weighted by Crippen LogP contribution is 2.24. The van der Waals surface area contributed by atoms with Gasteiger partial charge in [0.1, 0.15) is 0 Å². The summed E-state index contributed by atoms with van der Waals surface area (Å²) < 4.78 is 0. The lowest BCUT2D eigenvalue weighted by atomic mass is 10.00. The molecule has 1 aromatic rings. The lowest BCUT2D eigenvalue weighted by molar-refractivity contribution is 0.222. The number of hydrogen-bond donors (Lipinski definition) is 2. The van der Waals surface area contributed by atoms with Crippen LogP contribution < -0.4 is 5.84 Å². The van der Waals surface area contributed by atoms with Crippen LogP contribution in [-0.4, -0.2) is 30.3 Å². The molecule has 1 unspecified atom stereocenters. The maximum absolute atomic E-state index is 9.21. The zero-order valence-corrected chi connectivity index (χ0v) is 8.91. The maximum Gasteiger partial charge on any atom is 0.0513 e. The molecule has 0 aliphatic carbocycles. The molecule has 1 aromatic carbocycles. The number of likely N-dealkylation sites (N-methyl/N-ethyl adjacent to an activating group) is 1. The number of nitrogens with zero attached hydrogens (tertiary/aromatic N) is 1. The summed E-state index contributed by atoms with van der Waals surface area (Å²) in [6, 6.07) is 7.50. The van der Waals surface area contributed by atoms with Crippen molar-refractivity contribution in [2.45, 2.75) is 5.92 Å². The molecule has 1 atom stereocenters. The summed E-state index contributed by atoms with van der Waals surface area (Å²) in [5.41, 5.74) is 0.939. The summed E-state index contributed by atoms with van der Waals surface area (Å²) in [4.78, 5) is 0. The van der Waals surface area contributed by atoms with Crippen LogP contribution in [0.25, 0.3) is 0 Å². The Hall–Kier alpha value is -0.610. The molecule has 78 valence electrons. The van der Waals surface area contributed by atoms with E-state index in [0.29, 0.717) is 11.6 Å². The second kappa shape index (κ2) is 5.32. The predicted octanol–water partition coefficient (Wildman–Crippen LogP) is 1.22. The first kappa shape index (κ1) is 11.5. The van der Waals surface area contributed by atoms with E-state index in [1.54, 1.807) is 12.1 Å². The fraction of sp³-hybridized carbons (Fsp3) is 0.400. The quantitative estimate of drug-likeness (QED) is 0.586. The minimum atomic E-state index is -0.0290. The third-order valence-electron chi connectivity index (χ3n) is 2.07. The number of aliphatic hydroxyl groups excluding tert-OH is 1. The number of hydrazine groups is 1. The Morgan fingerprint density at radius 2 is 2.14 bits per heavy atom. The minimum absolute atomic E-state index is 0.0290. The Bertz CT molecular complexity index is 291. The second-order valence-corrected chi connectivity index (χ2v) is 3.75. The van der Waals surface area contributed by atoms with Gasteiger partial charge in [-0.05, 0) is 11.6 Å². The molecule has 0 heterocycles. The van der Waals surface area contributed by atoms with Crippen molar-refractivity contribution in [3.8, 4) is 0 Å². The third-order valence-corrected chi connectivity index (χ3v) is 2.42. The van der Waals surface area contributed by atoms with Crippen molar-refractivity contribution in [2.75, 3.05) is 20.2 Å².